The maximum atomic E-state index is 10.7. The van der Waals surface area contributed by atoms with Gasteiger partial charge in [-0.1, -0.05) is 12.1 Å². The van der Waals surface area contributed by atoms with Crippen LogP contribution in [0.3, 0.4) is 0 Å². The van der Waals surface area contributed by atoms with Gasteiger partial charge in [0.05, 0.1) is 12.0 Å². The van der Waals surface area contributed by atoms with Gasteiger partial charge >= 0.3 is 0 Å². The molecule has 0 fully saturated rings. The largest absolute Gasteiger partial charge is 0.481 e. The van der Waals surface area contributed by atoms with Crippen LogP contribution in [0.5, 0.6) is 5.88 Å². The highest BCUT2D eigenvalue weighted by Gasteiger charge is 2.06. The Morgan fingerprint density at radius 1 is 1.35 bits per heavy atom. The summed E-state index contributed by atoms with van der Waals surface area (Å²) in [7, 11) is 1.53. The molecule has 104 valence electrons. The van der Waals surface area contributed by atoms with Crippen LogP contribution in [0, 0.1) is 17.0 Å². The molecule has 2 rings (SSSR count). The fraction of sp³-hybridized carbons (Fsp3) is 0.231. The zero-order valence-corrected chi connectivity index (χ0v) is 11.2. The SMILES string of the molecule is COc1cc(C)nc(NCc2cccc([N+](=O)[O-])c2)n1. The van der Waals surface area contributed by atoms with Crippen LogP contribution in [0.2, 0.25) is 0 Å². The van der Waals surface area contributed by atoms with E-state index in [1.165, 1.54) is 19.2 Å². The average molecular weight is 274 g/mol. The third-order valence-electron chi connectivity index (χ3n) is 2.61. The first-order valence-electron chi connectivity index (χ1n) is 5.95. The Balaban J connectivity index is 2.10. The molecule has 1 heterocycles. The minimum Gasteiger partial charge on any atom is -0.481 e. The number of nitrogens with zero attached hydrogens (tertiary/aromatic N) is 3. The maximum Gasteiger partial charge on any atom is 0.269 e. The van der Waals surface area contributed by atoms with E-state index in [0.717, 1.165) is 11.3 Å². The molecule has 0 aliphatic rings. The van der Waals surface area contributed by atoms with Crippen molar-refractivity contribution in [2.45, 2.75) is 13.5 Å². The number of nitrogens with one attached hydrogen (secondary N) is 1. The van der Waals surface area contributed by atoms with Crippen molar-refractivity contribution in [3.05, 3.63) is 51.7 Å². The quantitative estimate of drug-likeness (QED) is 0.664. The van der Waals surface area contributed by atoms with Crippen LogP contribution >= 0.6 is 0 Å². The van der Waals surface area contributed by atoms with Gasteiger partial charge in [0.25, 0.3) is 5.69 Å². The van der Waals surface area contributed by atoms with Gasteiger partial charge < -0.3 is 10.1 Å². The molecule has 0 unspecified atom stereocenters. The van der Waals surface area contributed by atoms with Crippen LogP contribution in [-0.4, -0.2) is 22.0 Å². The Hall–Kier alpha value is -2.70. The van der Waals surface area contributed by atoms with E-state index in [-0.39, 0.29) is 5.69 Å². The molecular weight excluding hydrogens is 260 g/mol. The van der Waals surface area contributed by atoms with Gasteiger partial charge in [-0.2, -0.15) is 4.98 Å². The Morgan fingerprint density at radius 2 is 2.15 bits per heavy atom. The van der Waals surface area contributed by atoms with Crippen molar-refractivity contribution < 1.29 is 9.66 Å². The molecule has 0 spiro atoms. The summed E-state index contributed by atoms with van der Waals surface area (Å²) in [6.07, 6.45) is 0. The first-order chi connectivity index (χ1) is 9.58. The summed E-state index contributed by atoms with van der Waals surface area (Å²) in [6.45, 7) is 2.23. The molecule has 0 saturated carbocycles. The molecule has 1 aromatic heterocycles. The third kappa shape index (κ3) is 3.41. The molecule has 20 heavy (non-hydrogen) atoms. The number of anilines is 1. The van der Waals surface area contributed by atoms with E-state index in [1.807, 2.05) is 6.92 Å². The molecule has 0 atom stereocenters. The lowest BCUT2D eigenvalue weighted by Crippen LogP contribution is -2.05. The lowest BCUT2D eigenvalue weighted by atomic mass is 10.2. The fourth-order valence-electron chi connectivity index (χ4n) is 1.68. The van der Waals surface area contributed by atoms with Crippen molar-refractivity contribution in [3.8, 4) is 5.88 Å². The minimum absolute atomic E-state index is 0.0621. The highest BCUT2D eigenvalue weighted by molar-refractivity contribution is 5.37. The van der Waals surface area contributed by atoms with E-state index in [9.17, 15) is 10.1 Å². The summed E-state index contributed by atoms with van der Waals surface area (Å²) in [5.41, 5.74) is 1.62. The van der Waals surface area contributed by atoms with Gasteiger partial charge in [-0.05, 0) is 12.5 Å². The zero-order chi connectivity index (χ0) is 14.5. The van der Waals surface area contributed by atoms with Crippen molar-refractivity contribution >= 4 is 11.6 Å². The summed E-state index contributed by atoms with van der Waals surface area (Å²) in [5, 5.41) is 13.7. The Labute approximate surface area is 115 Å². The third-order valence-corrected chi connectivity index (χ3v) is 2.61. The van der Waals surface area contributed by atoms with Crippen molar-refractivity contribution in [1.82, 2.24) is 9.97 Å². The predicted octanol–water partition coefficient (Wildman–Crippen LogP) is 2.31. The van der Waals surface area contributed by atoms with Gasteiger partial charge in [-0.15, -0.1) is 0 Å². The number of aryl methyl sites for hydroxylation is 1. The smallest absolute Gasteiger partial charge is 0.269 e. The standard InChI is InChI=1S/C13H14N4O3/c1-9-6-12(20-2)16-13(15-9)14-8-10-4-3-5-11(7-10)17(18)19/h3-7H,8H2,1-2H3,(H,14,15,16). The zero-order valence-electron chi connectivity index (χ0n) is 11.2. The molecule has 0 saturated heterocycles. The lowest BCUT2D eigenvalue weighted by Gasteiger charge is -2.07. The van der Waals surface area contributed by atoms with Crippen LogP contribution in [0.4, 0.5) is 11.6 Å². The number of ether oxygens (including phenoxy) is 1. The molecule has 0 aliphatic carbocycles. The number of non-ortho nitro benzene ring substituents is 1. The molecule has 7 nitrogen and oxygen atoms in total. The van der Waals surface area contributed by atoms with E-state index in [4.69, 9.17) is 4.74 Å². The molecule has 0 radical (unpaired) electrons. The fourth-order valence-corrected chi connectivity index (χ4v) is 1.68. The van der Waals surface area contributed by atoms with Crippen molar-refractivity contribution in [2.24, 2.45) is 0 Å². The van der Waals surface area contributed by atoms with Gasteiger partial charge in [0, 0.05) is 30.4 Å². The van der Waals surface area contributed by atoms with Gasteiger partial charge in [-0.3, -0.25) is 10.1 Å². The molecule has 0 bridgehead atoms. The van der Waals surface area contributed by atoms with E-state index in [2.05, 4.69) is 15.3 Å². The van der Waals surface area contributed by atoms with Crippen LogP contribution in [-0.2, 0) is 6.54 Å². The Morgan fingerprint density at radius 3 is 2.85 bits per heavy atom. The number of hydrogen-bond donors (Lipinski definition) is 1. The maximum absolute atomic E-state index is 10.7. The lowest BCUT2D eigenvalue weighted by molar-refractivity contribution is -0.384. The van der Waals surface area contributed by atoms with E-state index >= 15 is 0 Å². The van der Waals surface area contributed by atoms with Crippen molar-refractivity contribution in [3.63, 3.8) is 0 Å². The van der Waals surface area contributed by atoms with Crippen molar-refractivity contribution in [1.29, 1.82) is 0 Å². The van der Waals surface area contributed by atoms with Crippen LogP contribution < -0.4 is 10.1 Å². The second-order valence-corrected chi connectivity index (χ2v) is 4.16. The first-order valence-corrected chi connectivity index (χ1v) is 5.95. The number of nitro benzene ring substituents is 1. The average Bonchev–Trinajstić information content (AvgIpc) is 2.44. The van der Waals surface area contributed by atoms with Crippen LogP contribution in [0.25, 0.3) is 0 Å². The van der Waals surface area contributed by atoms with Gasteiger partial charge in [0.15, 0.2) is 0 Å². The van der Waals surface area contributed by atoms with E-state index < -0.39 is 4.92 Å². The number of benzene rings is 1. The monoisotopic (exact) mass is 274 g/mol. The highest BCUT2D eigenvalue weighted by Crippen LogP contribution is 2.15. The predicted molar refractivity (Wildman–Crippen MR) is 73.7 cm³/mol. The highest BCUT2D eigenvalue weighted by atomic mass is 16.6. The van der Waals surface area contributed by atoms with Gasteiger partial charge in [0.1, 0.15) is 0 Å². The van der Waals surface area contributed by atoms with Crippen LogP contribution in [0.15, 0.2) is 30.3 Å². The minimum atomic E-state index is -0.421. The number of hydrogen-bond acceptors (Lipinski definition) is 6. The normalized spacial score (nSPS) is 10.1. The first kappa shape index (κ1) is 13.7. The summed E-state index contributed by atoms with van der Waals surface area (Å²) < 4.78 is 5.06. The summed E-state index contributed by atoms with van der Waals surface area (Å²) >= 11 is 0. The summed E-state index contributed by atoms with van der Waals surface area (Å²) in [5.74, 6) is 0.896. The van der Waals surface area contributed by atoms with Gasteiger partial charge in [-0.25, -0.2) is 4.98 Å². The van der Waals surface area contributed by atoms with E-state index in [1.54, 1.807) is 18.2 Å². The number of nitro groups is 1. The summed E-state index contributed by atoms with van der Waals surface area (Å²) in [6, 6.07) is 8.13. The molecule has 1 aromatic carbocycles. The van der Waals surface area contributed by atoms with E-state index in [0.29, 0.717) is 18.4 Å². The molecule has 2 aromatic rings. The van der Waals surface area contributed by atoms with Gasteiger partial charge in [0.2, 0.25) is 11.8 Å². The van der Waals surface area contributed by atoms with Crippen LogP contribution in [0.1, 0.15) is 11.3 Å². The summed E-state index contributed by atoms with van der Waals surface area (Å²) in [4.78, 5) is 18.6. The molecular formula is C13H14N4O3. The number of aromatic nitrogens is 2. The molecule has 1 N–H and O–H groups in total. The molecule has 0 amide bonds. The Kier molecular flexibility index (Phi) is 4.09. The molecule has 7 heteroatoms. The number of rotatable bonds is 5. The van der Waals surface area contributed by atoms with Crippen molar-refractivity contribution in [2.75, 3.05) is 12.4 Å². The Bertz CT molecular complexity index is 631. The topological polar surface area (TPSA) is 90.2 Å². The number of methoxy groups -OCH3 is 1. The second kappa shape index (κ2) is 5.96. The molecule has 0 aliphatic heterocycles. The second-order valence-electron chi connectivity index (χ2n) is 4.16.